The van der Waals surface area contributed by atoms with Crippen LogP contribution in [0.1, 0.15) is 5.69 Å². The molecule has 0 aliphatic carbocycles. The molecule has 3 aromatic rings. The van der Waals surface area contributed by atoms with Crippen LogP contribution in [-0.2, 0) is 15.2 Å². The molecule has 0 spiro atoms. The van der Waals surface area contributed by atoms with Gasteiger partial charge in [0.1, 0.15) is 15.7 Å². The zero-order valence-electron chi connectivity index (χ0n) is 15.1. The highest BCUT2D eigenvalue weighted by Crippen LogP contribution is 2.33. The standard InChI is InChI=1S/C18H17B2ClN2O3S/c1-27(25,26)14-5-2-11(3-6-14)15-8-13(21)10-23-17(15)12-4-7-16(22-9-12)18(19,20)24/h2-10,24H,19-20H2,1H3. The quantitative estimate of drug-likeness (QED) is 0.669. The van der Waals surface area contributed by atoms with Gasteiger partial charge in [-0.05, 0) is 35.9 Å². The third-order valence-electron chi connectivity index (χ3n) is 4.11. The van der Waals surface area contributed by atoms with Crippen LogP contribution in [0.4, 0.5) is 0 Å². The second-order valence-corrected chi connectivity index (χ2v) is 9.29. The predicted octanol–water partition coefficient (Wildman–Crippen LogP) is 1.24. The van der Waals surface area contributed by atoms with Crippen LogP contribution in [0.25, 0.3) is 22.4 Å². The van der Waals surface area contributed by atoms with Gasteiger partial charge in [0.15, 0.2) is 9.84 Å². The molecule has 5 nitrogen and oxygen atoms in total. The number of hydrogen-bond acceptors (Lipinski definition) is 5. The summed E-state index contributed by atoms with van der Waals surface area (Å²) in [6, 6.07) is 11.9. The lowest BCUT2D eigenvalue weighted by Gasteiger charge is -2.17. The molecule has 0 aliphatic heterocycles. The van der Waals surface area contributed by atoms with Crippen LogP contribution in [0, 0.1) is 0 Å². The van der Waals surface area contributed by atoms with Gasteiger partial charge in [-0.15, -0.1) is 0 Å². The number of aliphatic hydroxyl groups is 1. The van der Waals surface area contributed by atoms with Crippen LogP contribution in [0.15, 0.2) is 59.8 Å². The van der Waals surface area contributed by atoms with Gasteiger partial charge in [0, 0.05) is 35.2 Å². The number of nitrogens with zero attached hydrogens (tertiary/aromatic N) is 2. The Bertz CT molecular complexity index is 1080. The van der Waals surface area contributed by atoms with E-state index in [1.807, 2.05) is 6.07 Å². The lowest BCUT2D eigenvalue weighted by atomic mass is 9.63. The molecule has 9 heteroatoms. The molecule has 0 bridgehead atoms. The number of sulfone groups is 1. The molecule has 0 amide bonds. The van der Waals surface area contributed by atoms with Crippen molar-refractivity contribution in [3.05, 3.63) is 65.6 Å². The zero-order chi connectivity index (χ0) is 19.8. The molecular weight excluding hydrogens is 381 g/mol. The van der Waals surface area contributed by atoms with Crippen molar-refractivity contribution < 1.29 is 13.5 Å². The Balaban J connectivity index is 2.09. The van der Waals surface area contributed by atoms with Gasteiger partial charge in [0.25, 0.3) is 0 Å². The molecule has 1 N–H and O–H groups in total. The van der Waals surface area contributed by atoms with Crippen LogP contribution < -0.4 is 0 Å². The Morgan fingerprint density at radius 3 is 2.15 bits per heavy atom. The summed E-state index contributed by atoms with van der Waals surface area (Å²) in [6.07, 6.45) is 4.37. The highest BCUT2D eigenvalue weighted by molar-refractivity contribution is 7.90. The van der Waals surface area contributed by atoms with E-state index in [0.29, 0.717) is 16.4 Å². The van der Waals surface area contributed by atoms with E-state index in [0.717, 1.165) is 16.7 Å². The van der Waals surface area contributed by atoms with Crippen molar-refractivity contribution in [1.82, 2.24) is 9.97 Å². The fourth-order valence-electron chi connectivity index (χ4n) is 2.67. The van der Waals surface area contributed by atoms with E-state index in [9.17, 15) is 13.5 Å². The third kappa shape index (κ3) is 4.40. The molecule has 0 fully saturated rings. The maximum atomic E-state index is 11.7. The average Bonchev–Trinajstić information content (AvgIpc) is 2.60. The highest BCUT2D eigenvalue weighted by Gasteiger charge is 2.18. The van der Waals surface area contributed by atoms with Gasteiger partial charge in [-0.25, -0.2) is 8.42 Å². The fraction of sp³-hybridized carbons (Fsp3) is 0.111. The van der Waals surface area contributed by atoms with Crippen molar-refractivity contribution >= 4 is 37.1 Å². The van der Waals surface area contributed by atoms with Crippen LogP contribution in [0.2, 0.25) is 5.02 Å². The lowest BCUT2D eigenvalue weighted by Crippen LogP contribution is -2.27. The second-order valence-electron chi connectivity index (χ2n) is 6.84. The van der Waals surface area contributed by atoms with Gasteiger partial charge in [0.05, 0.1) is 21.3 Å². The zero-order valence-corrected chi connectivity index (χ0v) is 16.7. The minimum atomic E-state index is -3.27. The van der Waals surface area contributed by atoms with Crippen molar-refractivity contribution in [2.24, 2.45) is 0 Å². The Hall–Kier alpha value is -2.15. The molecule has 0 unspecified atom stereocenters. The molecule has 136 valence electrons. The molecule has 0 atom stereocenters. The predicted molar refractivity (Wildman–Crippen MR) is 112 cm³/mol. The minimum absolute atomic E-state index is 0.249. The highest BCUT2D eigenvalue weighted by atomic mass is 35.5. The number of rotatable bonds is 4. The number of pyridine rings is 2. The SMILES string of the molecule is BC(B)(O)c1ccc(-c2ncc(Cl)cc2-c2ccc(S(C)(=O)=O)cc2)cn1. The summed E-state index contributed by atoms with van der Waals surface area (Å²) in [7, 11) is 0.0755. The number of halogens is 1. The Labute approximate surface area is 165 Å². The Kier molecular flexibility index (Phi) is 5.16. The van der Waals surface area contributed by atoms with E-state index in [4.69, 9.17) is 11.6 Å². The van der Waals surface area contributed by atoms with E-state index >= 15 is 0 Å². The van der Waals surface area contributed by atoms with Crippen LogP contribution in [-0.4, -0.2) is 45.4 Å². The van der Waals surface area contributed by atoms with Gasteiger partial charge in [-0.2, -0.15) is 0 Å². The van der Waals surface area contributed by atoms with E-state index in [-0.39, 0.29) is 4.90 Å². The summed E-state index contributed by atoms with van der Waals surface area (Å²) in [4.78, 5) is 9.01. The molecule has 1 aromatic carbocycles. The van der Waals surface area contributed by atoms with E-state index < -0.39 is 15.2 Å². The van der Waals surface area contributed by atoms with Crippen molar-refractivity contribution in [3.63, 3.8) is 0 Å². The summed E-state index contributed by atoms with van der Waals surface area (Å²) in [6.45, 7) is 0. The number of hydrogen-bond donors (Lipinski definition) is 1. The van der Waals surface area contributed by atoms with Crippen molar-refractivity contribution in [1.29, 1.82) is 0 Å². The maximum Gasteiger partial charge on any atom is 0.175 e. The van der Waals surface area contributed by atoms with Crippen molar-refractivity contribution in [2.45, 2.75) is 10.3 Å². The van der Waals surface area contributed by atoms with Gasteiger partial charge in [-0.3, -0.25) is 9.97 Å². The molecule has 3 rings (SSSR count). The monoisotopic (exact) mass is 398 g/mol. The first-order valence-corrected chi connectivity index (χ1v) is 10.5. The summed E-state index contributed by atoms with van der Waals surface area (Å²) in [5.41, 5.74) is 3.54. The first-order chi connectivity index (χ1) is 12.6. The molecule has 0 aliphatic rings. The molecule has 0 saturated carbocycles. The van der Waals surface area contributed by atoms with Gasteiger partial charge in [-0.1, -0.05) is 23.7 Å². The summed E-state index contributed by atoms with van der Waals surface area (Å²) < 4.78 is 23.3. The van der Waals surface area contributed by atoms with E-state index in [1.54, 1.807) is 64.5 Å². The minimum Gasteiger partial charge on any atom is -0.402 e. The maximum absolute atomic E-state index is 11.7. The first-order valence-electron chi connectivity index (χ1n) is 8.21. The number of aromatic nitrogens is 2. The topological polar surface area (TPSA) is 80.2 Å². The first kappa shape index (κ1) is 19.6. The third-order valence-corrected chi connectivity index (χ3v) is 5.45. The van der Waals surface area contributed by atoms with Gasteiger partial charge >= 0.3 is 0 Å². The number of benzene rings is 1. The second kappa shape index (κ2) is 7.11. The van der Waals surface area contributed by atoms with Crippen LogP contribution in [0.5, 0.6) is 0 Å². The lowest BCUT2D eigenvalue weighted by molar-refractivity contribution is 0.212. The van der Waals surface area contributed by atoms with Crippen LogP contribution in [0.3, 0.4) is 0 Å². The summed E-state index contributed by atoms with van der Waals surface area (Å²) >= 11 is 6.14. The Morgan fingerprint density at radius 1 is 1.00 bits per heavy atom. The van der Waals surface area contributed by atoms with Crippen molar-refractivity contribution in [2.75, 3.05) is 6.26 Å². The normalized spacial score (nSPS) is 12.1. The summed E-state index contributed by atoms with van der Waals surface area (Å²) in [5, 5.41) is 9.51. The summed E-state index contributed by atoms with van der Waals surface area (Å²) in [5.74, 6) is 0. The molecule has 0 saturated heterocycles. The smallest absolute Gasteiger partial charge is 0.175 e. The van der Waals surface area contributed by atoms with Gasteiger partial charge < -0.3 is 5.11 Å². The fourth-order valence-corrected chi connectivity index (χ4v) is 3.46. The average molecular weight is 398 g/mol. The molecule has 2 heterocycles. The van der Waals surface area contributed by atoms with Gasteiger partial charge in [0.2, 0.25) is 0 Å². The molecular formula is C18H17B2ClN2O3S. The Morgan fingerprint density at radius 2 is 1.63 bits per heavy atom. The molecule has 0 radical (unpaired) electrons. The van der Waals surface area contributed by atoms with E-state index in [1.165, 1.54) is 6.26 Å². The van der Waals surface area contributed by atoms with E-state index in [2.05, 4.69) is 9.97 Å². The van der Waals surface area contributed by atoms with Crippen LogP contribution >= 0.6 is 11.6 Å². The molecule has 2 aromatic heterocycles. The van der Waals surface area contributed by atoms with Crippen molar-refractivity contribution in [3.8, 4) is 22.4 Å². The molecule has 27 heavy (non-hydrogen) atoms. The largest absolute Gasteiger partial charge is 0.402 e.